The molecule has 4 nitrogen and oxygen atoms in total. The van der Waals surface area contributed by atoms with Gasteiger partial charge in [0.25, 0.3) is 5.56 Å². The molecule has 0 aromatic carbocycles. The van der Waals surface area contributed by atoms with Crippen molar-refractivity contribution in [2.45, 2.75) is 38.1 Å². The van der Waals surface area contributed by atoms with E-state index < -0.39 is 0 Å². The van der Waals surface area contributed by atoms with Gasteiger partial charge >= 0.3 is 0 Å². The van der Waals surface area contributed by atoms with Gasteiger partial charge in [-0.25, -0.2) is 4.68 Å². The molecule has 1 aromatic heterocycles. The molecule has 5 rings (SSSR count). The smallest absolute Gasteiger partial charge is 0.290 e. The molecule has 4 heteroatoms. The third-order valence-corrected chi connectivity index (χ3v) is 5.36. The van der Waals surface area contributed by atoms with Crippen molar-refractivity contribution in [1.82, 2.24) is 9.78 Å². The van der Waals surface area contributed by atoms with Crippen LogP contribution < -0.4 is 11.3 Å². The Morgan fingerprint density at radius 3 is 2.33 bits per heavy atom. The Labute approximate surface area is 106 Å². The van der Waals surface area contributed by atoms with Crippen molar-refractivity contribution in [2.75, 3.05) is 5.73 Å². The third-order valence-electron chi connectivity index (χ3n) is 5.36. The number of nitrogens with two attached hydrogens (primary N) is 1. The number of nitrogen functional groups attached to an aromatic ring is 1. The van der Waals surface area contributed by atoms with E-state index >= 15 is 0 Å². The lowest BCUT2D eigenvalue weighted by Crippen LogP contribution is -2.48. The molecule has 2 N–H and O–H groups in total. The summed E-state index contributed by atoms with van der Waals surface area (Å²) in [6.07, 6.45) is 8.27. The van der Waals surface area contributed by atoms with Crippen molar-refractivity contribution in [1.29, 1.82) is 0 Å². The zero-order chi connectivity index (χ0) is 12.3. The van der Waals surface area contributed by atoms with Crippen LogP contribution in [-0.2, 0) is 0 Å². The molecule has 0 amide bonds. The molecule has 0 saturated heterocycles. The van der Waals surface area contributed by atoms with E-state index in [-0.39, 0.29) is 5.56 Å². The number of hydrogen-bond donors (Lipinski definition) is 1. The summed E-state index contributed by atoms with van der Waals surface area (Å²) in [5.41, 5.74) is 5.98. The van der Waals surface area contributed by atoms with Gasteiger partial charge < -0.3 is 5.73 Å². The second-order valence-electron chi connectivity index (χ2n) is 6.46. The minimum Gasteiger partial charge on any atom is -0.394 e. The quantitative estimate of drug-likeness (QED) is 0.821. The second-order valence-corrected chi connectivity index (χ2v) is 6.46. The predicted octanol–water partition coefficient (Wildman–Crippen LogP) is 1.82. The average molecular weight is 245 g/mol. The Balaban J connectivity index is 1.77. The van der Waals surface area contributed by atoms with Crippen molar-refractivity contribution in [2.24, 2.45) is 23.7 Å². The van der Waals surface area contributed by atoms with Crippen LogP contribution in [0.4, 0.5) is 5.69 Å². The Morgan fingerprint density at radius 1 is 1.11 bits per heavy atom. The summed E-state index contributed by atoms with van der Waals surface area (Å²) in [4.78, 5) is 12.2. The SMILES string of the molecule is Nc1ccnn(C2C3CC4CC(C3)CC2C4)c1=O. The summed E-state index contributed by atoms with van der Waals surface area (Å²) in [5, 5.41) is 4.31. The van der Waals surface area contributed by atoms with E-state index in [1.54, 1.807) is 16.9 Å². The van der Waals surface area contributed by atoms with E-state index in [1.807, 2.05) is 0 Å². The monoisotopic (exact) mass is 245 g/mol. The van der Waals surface area contributed by atoms with Crippen LogP contribution in [0.15, 0.2) is 17.1 Å². The van der Waals surface area contributed by atoms with Gasteiger partial charge in [-0.2, -0.15) is 5.10 Å². The molecule has 0 spiro atoms. The van der Waals surface area contributed by atoms with Gasteiger partial charge in [0.05, 0.1) is 6.04 Å². The molecule has 96 valence electrons. The van der Waals surface area contributed by atoms with Crippen LogP contribution in [0.25, 0.3) is 0 Å². The van der Waals surface area contributed by atoms with Gasteiger partial charge in [-0.05, 0) is 61.8 Å². The molecule has 1 heterocycles. The van der Waals surface area contributed by atoms with Gasteiger partial charge in [-0.3, -0.25) is 4.79 Å². The van der Waals surface area contributed by atoms with E-state index in [1.165, 1.54) is 32.1 Å². The first-order valence-electron chi connectivity index (χ1n) is 7.05. The highest BCUT2D eigenvalue weighted by Gasteiger charge is 2.49. The molecule has 18 heavy (non-hydrogen) atoms. The molecule has 4 saturated carbocycles. The Kier molecular flexibility index (Phi) is 2.11. The molecule has 4 aliphatic rings. The highest BCUT2D eigenvalue weighted by Crippen LogP contribution is 2.57. The summed E-state index contributed by atoms with van der Waals surface area (Å²) in [6, 6.07) is 1.92. The predicted molar refractivity (Wildman–Crippen MR) is 69.0 cm³/mol. The highest BCUT2D eigenvalue weighted by atomic mass is 16.1. The Hall–Kier alpha value is -1.32. The number of hydrogen-bond acceptors (Lipinski definition) is 3. The third kappa shape index (κ3) is 1.38. The average Bonchev–Trinajstić information content (AvgIpc) is 2.33. The van der Waals surface area contributed by atoms with Gasteiger partial charge in [0, 0.05) is 6.20 Å². The summed E-state index contributed by atoms with van der Waals surface area (Å²) in [6.45, 7) is 0. The summed E-state index contributed by atoms with van der Waals surface area (Å²) in [7, 11) is 0. The maximum Gasteiger partial charge on any atom is 0.290 e. The Bertz CT molecular complexity index is 508. The maximum atomic E-state index is 12.2. The molecule has 0 atom stereocenters. The second kappa shape index (κ2) is 3.59. The molecule has 4 bridgehead atoms. The summed E-state index contributed by atoms with van der Waals surface area (Å²) >= 11 is 0. The lowest BCUT2D eigenvalue weighted by molar-refractivity contribution is -0.0353. The first kappa shape index (κ1) is 10.6. The van der Waals surface area contributed by atoms with Crippen LogP contribution in [0.3, 0.4) is 0 Å². The highest BCUT2D eigenvalue weighted by molar-refractivity contribution is 5.32. The van der Waals surface area contributed by atoms with Crippen molar-refractivity contribution in [3.8, 4) is 0 Å². The van der Waals surface area contributed by atoms with Crippen molar-refractivity contribution >= 4 is 5.69 Å². The molecule has 0 unspecified atom stereocenters. The number of rotatable bonds is 1. The van der Waals surface area contributed by atoms with Crippen molar-refractivity contribution in [3.05, 3.63) is 22.6 Å². The van der Waals surface area contributed by atoms with Crippen LogP contribution >= 0.6 is 0 Å². The molecule has 0 aliphatic heterocycles. The van der Waals surface area contributed by atoms with E-state index in [2.05, 4.69) is 5.10 Å². The van der Waals surface area contributed by atoms with Crippen LogP contribution in [0.2, 0.25) is 0 Å². The minimum atomic E-state index is -0.0880. The zero-order valence-corrected chi connectivity index (χ0v) is 10.5. The van der Waals surface area contributed by atoms with Crippen LogP contribution in [0.1, 0.15) is 38.1 Å². The van der Waals surface area contributed by atoms with Crippen LogP contribution in [-0.4, -0.2) is 9.78 Å². The largest absolute Gasteiger partial charge is 0.394 e. The standard InChI is InChI=1S/C14H19N3O/c15-12-1-2-16-17(14(12)18)13-10-4-8-3-9(6-10)7-11(13)5-8/h1-2,8-11,13H,3-7,15H2. The van der Waals surface area contributed by atoms with E-state index in [9.17, 15) is 4.79 Å². The molecule has 1 aromatic rings. The fourth-order valence-electron chi connectivity index (χ4n) is 4.95. The fraction of sp³-hybridized carbons (Fsp3) is 0.714. The molecule has 0 radical (unpaired) electrons. The van der Waals surface area contributed by atoms with Gasteiger partial charge in [0.2, 0.25) is 0 Å². The minimum absolute atomic E-state index is 0.0880. The Morgan fingerprint density at radius 2 is 1.72 bits per heavy atom. The number of aromatic nitrogens is 2. The topological polar surface area (TPSA) is 60.9 Å². The van der Waals surface area contributed by atoms with E-state index in [0.717, 1.165) is 11.8 Å². The first-order chi connectivity index (χ1) is 8.72. The molecular weight excluding hydrogens is 226 g/mol. The fourth-order valence-corrected chi connectivity index (χ4v) is 4.95. The molecule has 4 aliphatic carbocycles. The lowest BCUT2D eigenvalue weighted by Gasteiger charge is -2.54. The molecule has 4 fully saturated rings. The number of anilines is 1. The van der Waals surface area contributed by atoms with E-state index in [0.29, 0.717) is 23.6 Å². The van der Waals surface area contributed by atoms with Gasteiger partial charge in [0.15, 0.2) is 0 Å². The van der Waals surface area contributed by atoms with Gasteiger partial charge in [-0.1, -0.05) is 0 Å². The van der Waals surface area contributed by atoms with Crippen molar-refractivity contribution < 1.29 is 0 Å². The molecular formula is C14H19N3O. The van der Waals surface area contributed by atoms with Crippen LogP contribution in [0.5, 0.6) is 0 Å². The summed E-state index contributed by atoms with van der Waals surface area (Å²) in [5.74, 6) is 3.16. The van der Waals surface area contributed by atoms with E-state index in [4.69, 9.17) is 5.73 Å². The van der Waals surface area contributed by atoms with Gasteiger partial charge in [-0.15, -0.1) is 0 Å². The lowest BCUT2D eigenvalue weighted by atomic mass is 9.54. The number of nitrogens with zero attached hydrogens (tertiary/aromatic N) is 2. The maximum absolute atomic E-state index is 12.2. The normalized spacial score (nSPS) is 41.2. The first-order valence-corrected chi connectivity index (χ1v) is 7.05. The van der Waals surface area contributed by atoms with Crippen molar-refractivity contribution in [3.63, 3.8) is 0 Å². The summed E-state index contributed by atoms with van der Waals surface area (Å²) < 4.78 is 1.70. The zero-order valence-electron chi connectivity index (χ0n) is 10.5. The van der Waals surface area contributed by atoms with Crippen LogP contribution in [0, 0.1) is 23.7 Å². The van der Waals surface area contributed by atoms with Gasteiger partial charge in [0.1, 0.15) is 5.69 Å².